The fourth-order valence-corrected chi connectivity index (χ4v) is 1.64. The largest absolute Gasteiger partial charge is 0.348 e. The van der Waals surface area contributed by atoms with E-state index in [0.717, 1.165) is 11.1 Å². The van der Waals surface area contributed by atoms with Crippen LogP contribution in [0.4, 0.5) is 5.69 Å². The lowest BCUT2D eigenvalue weighted by Crippen LogP contribution is -2.23. The lowest BCUT2D eigenvalue weighted by molar-refractivity contribution is -0.385. The SMILES string of the molecule is Cc1ccc([N+](=O)[O-])c(C(=O)NCc2cn[nH]c2)c1. The quantitative estimate of drug-likeness (QED) is 0.643. The first kappa shape index (κ1) is 12.7. The summed E-state index contributed by atoms with van der Waals surface area (Å²) in [6.45, 7) is 2.04. The summed E-state index contributed by atoms with van der Waals surface area (Å²) in [6, 6.07) is 4.44. The third-order valence-corrected chi connectivity index (χ3v) is 2.60. The van der Waals surface area contributed by atoms with Crippen LogP contribution in [0.5, 0.6) is 0 Å². The molecule has 2 N–H and O–H groups in total. The number of aromatic nitrogens is 2. The molecule has 1 aromatic carbocycles. The molecule has 0 atom stereocenters. The number of rotatable bonds is 4. The first-order valence-electron chi connectivity index (χ1n) is 5.59. The van der Waals surface area contributed by atoms with Crippen LogP contribution in [0.1, 0.15) is 21.5 Å². The molecule has 0 fully saturated rings. The number of aromatic amines is 1. The molecule has 7 heteroatoms. The summed E-state index contributed by atoms with van der Waals surface area (Å²) in [4.78, 5) is 22.3. The standard InChI is InChI=1S/C12H12N4O3/c1-8-2-3-11(16(18)19)10(4-8)12(17)13-5-9-6-14-15-7-9/h2-4,6-7H,5H2,1H3,(H,13,17)(H,14,15). The van der Waals surface area contributed by atoms with E-state index in [1.54, 1.807) is 25.4 Å². The number of nitro benzene ring substituents is 1. The van der Waals surface area contributed by atoms with Crippen molar-refractivity contribution in [3.05, 3.63) is 57.4 Å². The lowest BCUT2D eigenvalue weighted by atomic mass is 10.1. The molecule has 1 aromatic heterocycles. The van der Waals surface area contributed by atoms with Gasteiger partial charge in [-0.1, -0.05) is 6.07 Å². The van der Waals surface area contributed by atoms with Crippen molar-refractivity contribution in [2.75, 3.05) is 0 Å². The maximum Gasteiger partial charge on any atom is 0.282 e. The molecule has 0 radical (unpaired) electrons. The van der Waals surface area contributed by atoms with Gasteiger partial charge in [-0.3, -0.25) is 20.0 Å². The molecule has 2 rings (SSSR count). The van der Waals surface area contributed by atoms with E-state index in [1.807, 2.05) is 0 Å². The van der Waals surface area contributed by atoms with E-state index >= 15 is 0 Å². The first-order valence-corrected chi connectivity index (χ1v) is 5.59. The summed E-state index contributed by atoms with van der Waals surface area (Å²) < 4.78 is 0. The van der Waals surface area contributed by atoms with Crippen LogP contribution in [0.25, 0.3) is 0 Å². The Hall–Kier alpha value is -2.70. The Labute approximate surface area is 108 Å². The molecule has 0 bridgehead atoms. The maximum absolute atomic E-state index is 12.0. The summed E-state index contributed by atoms with van der Waals surface area (Å²) >= 11 is 0. The van der Waals surface area contributed by atoms with Gasteiger partial charge < -0.3 is 5.32 Å². The van der Waals surface area contributed by atoms with Crippen molar-refractivity contribution in [1.82, 2.24) is 15.5 Å². The van der Waals surface area contributed by atoms with E-state index in [9.17, 15) is 14.9 Å². The Morgan fingerprint density at radius 1 is 1.53 bits per heavy atom. The van der Waals surface area contributed by atoms with Gasteiger partial charge in [0.15, 0.2) is 0 Å². The molecule has 1 heterocycles. The van der Waals surface area contributed by atoms with Crippen LogP contribution < -0.4 is 5.32 Å². The van der Waals surface area contributed by atoms with Gasteiger partial charge in [0.05, 0.1) is 11.1 Å². The highest BCUT2D eigenvalue weighted by atomic mass is 16.6. The molecule has 0 spiro atoms. The van der Waals surface area contributed by atoms with Gasteiger partial charge in [0.2, 0.25) is 0 Å². The van der Waals surface area contributed by atoms with Crippen molar-refractivity contribution in [2.45, 2.75) is 13.5 Å². The minimum absolute atomic E-state index is 0.0634. The number of nitrogens with zero attached hydrogens (tertiary/aromatic N) is 2. The molecule has 2 aromatic rings. The third kappa shape index (κ3) is 2.95. The van der Waals surface area contributed by atoms with Gasteiger partial charge in [-0.15, -0.1) is 0 Å². The number of carbonyl (C=O) groups excluding carboxylic acids is 1. The van der Waals surface area contributed by atoms with E-state index in [4.69, 9.17) is 0 Å². The highest BCUT2D eigenvalue weighted by Crippen LogP contribution is 2.19. The van der Waals surface area contributed by atoms with Gasteiger partial charge in [0, 0.05) is 24.4 Å². The topological polar surface area (TPSA) is 101 Å². The Morgan fingerprint density at radius 3 is 2.95 bits per heavy atom. The second-order valence-electron chi connectivity index (χ2n) is 4.07. The predicted octanol–water partition coefficient (Wildman–Crippen LogP) is 1.56. The van der Waals surface area contributed by atoms with Crippen molar-refractivity contribution >= 4 is 11.6 Å². The predicted molar refractivity (Wildman–Crippen MR) is 67.6 cm³/mol. The molecular weight excluding hydrogens is 248 g/mol. The Bertz CT molecular complexity index is 607. The number of amides is 1. The minimum atomic E-state index is -0.563. The van der Waals surface area contributed by atoms with Crippen LogP contribution in [0.3, 0.4) is 0 Å². The molecule has 0 aliphatic rings. The van der Waals surface area contributed by atoms with Crippen molar-refractivity contribution in [3.63, 3.8) is 0 Å². The van der Waals surface area contributed by atoms with Crippen LogP contribution in [0, 0.1) is 17.0 Å². The van der Waals surface area contributed by atoms with Gasteiger partial charge in [-0.2, -0.15) is 5.10 Å². The van der Waals surface area contributed by atoms with Gasteiger partial charge in [0.25, 0.3) is 11.6 Å². The van der Waals surface area contributed by atoms with Crippen molar-refractivity contribution < 1.29 is 9.72 Å². The second-order valence-corrected chi connectivity index (χ2v) is 4.07. The van der Waals surface area contributed by atoms with E-state index in [0.29, 0.717) is 0 Å². The van der Waals surface area contributed by atoms with Gasteiger partial charge in [-0.05, 0) is 18.6 Å². The van der Waals surface area contributed by atoms with Crippen molar-refractivity contribution in [1.29, 1.82) is 0 Å². The monoisotopic (exact) mass is 260 g/mol. The normalized spacial score (nSPS) is 10.2. The maximum atomic E-state index is 12.0. The molecular formula is C12H12N4O3. The smallest absolute Gasteiger partial charge is 0.282 e. The van der Waals surface area contributed by atoms with E-state index in [1.165, 1.54) is 12.1 Å². The fourth-order valence-electron chi connectivity index (χ4n) is 1.64. The molecule has 0 unspecified atom stereocenters. The molecule has 19 heavy (non-hydrogen) atoms. The number of hydrogen-bond donors (Lipinski definition) is 2. The summed E-state index contributed by atoms with van der Waals surface area (Å²) in [5.41, 5.74) is 1.45. The molecule has 7 nitrogen and oxygen atoms in total. The zero-order valence-electron chi connectivity index (χ0n) is 10.2. The van der Waals surface area contributed by atoms with Crippen LogP contribution in [-0.4, -0.2) is 21.0 Å². The summed E-state index contributed by atoms with van der Waals surface area (Å²) in [6.07, 6.45) is 3.22. The van der Waals surface area contributed by atoms with Gasteiger partial charge in [0.1, 0.15) is 5.56 Å². The average molecular weight is 260 g/mol. The minimum Gasteiger partial charge on any atom is -0.348 e. The van der Waals surface area contributed by atoms with E-state index in [2.05, 4.69) is 15.5 Å². The summed E-state index contributed by atoms with van der Waals surface area (Å²) in [5.74, 6) is -0.475. The third-order valence-electron chi connectivity index (χ3n) is 2.60. The highest BCUT2D eigenvalue weighted by Gasteiger charge is 2.19. The molecule has 1 amide bonds. The fraction of sp³-hybridized carbons (Fsp3) is 0.167. The van der Waals surface area contributed by atoms with Crippen LogP contribution >= 0.6 is 0 Å². The second kappa shape index (κ2) is 5.30. The Morgan fingerprint density at radius 2 is 2.32 bits per heavy atom. The average Bonchev–Trinajstić information content (AvgIpc) is 2.88. The van der Waals surface area contributed by atoms with E-state index in [-0.39, 0.29) is 17.8 Å². The van der Waals surface area contributed by atoms with Gasteiger partial charge in [-0.25, -0.2) is 0 Å². The summed E-state index contributed by atoms with van der Waals surface area (Å²) in [7, 11) is 0. The number of benzene rings is 1. The highest BCUT2D eigenvalue weighted by molar-refractivity contribution is 5.98. The molecule has 0 aliphatic carbocycles. The summed E-state index contributed by atoms with van der Waals surface area (Å²) in [5, 5.41) is 19.9. The zero-order valence-corrected chi connectivity index (χ0v) is 10.2. The molecule has 0 saturated carbocycles. The molecule has 98 valence electrons. The van der Waals surface area contributed by atoms with Crippen molar-refractivity contribution in [3.8, 4) is 0 Å². The number of aryl methyl sites for hydroxylation is 1. The van der Waals surface area contributed by atoms with Crippen molar-refractivity contribution in [2.24, 2.45) is 0 Å². The van der Waals surface area contributed by atoms with Crippen LogP contribution in [0.2, 0.25) is 0 Å². The van der Waals surface area contributed by atoms with Crippen LogP contribution in [-0.2, 0) is 6.54 Å². The Kier molecular flexibility index (Phi) is 3.56. The number of H-pyrrole nitrogens is 1. The molecule has 0 aliphatic heterocycles. The Balaban J connectivity index is 2.18. The molecule has 0 saturated heterocycles. The number of carbonyl (C=O) groups is 1. The van der Waals surface area contributed by atoms with E-state index < -0.39 is 10.8 Å². The number of nitro groups is 1. The number of hydrogen-bond acceptors (Lipinski definition) is 4. The number of nitrogens with one attached hydrogen (secondary N) is 2. The zero-order chi connectivity index (χ0) is 13.8. The van der Waals surface area contributed by atoms with Gasteiger partial charge >= 0.3 is 0 Å². The first-order chi connectivity index (χ1) is 9.08. The van der Waals surface area contributed by atoms with Crippen LogP contribution in [0.15, 0.2) is 30.6 Å². The lowest BCUT2D eigenvalue weighted by Gasteiger charge is -2.05.